The molecule has 3 nitrogen and oxygen atoms in total. The molecular formula is C17H20F2N2O. The summed E-state index contributed by atoms with van der Waals surface area (Å²) in [5, 5.41) is 7.35. The van der Waals surface area contributed by atoms with E-state index in [0.29, 0.717) is 24.1 Å². The molecule has 0 aliphatic heterocycles. The van der Waals surface area contributed by atoms with Crippen LogP contribution in [0, 0.1) is 24.5 Å². The standard InChI is InChI=1S/C17H20F2N2O/c1-11-5-16(22-21-11)8-13-3-2-4-17(13)20-10-12-6-14(18)9-15(19)7-12/h5-7,9,13,17,20H,2-4,8,10H2,1H3/t13-,17+/m0/s1. The van der Waals surface area contributed by atoms with E-state index in [0.717, 1.165) is 43.2 Å². The summed E-state index contributed by atoms with van der Waals surface area (Å²) in [6.07, 6.45) is 4.23. The molecule has 1 N–H and O–H groups in total. The highest BCUT2D eigenvalue weighted by molar-refractivity contribution is 5.18. The Balaban J connectivity index is 1.59. The van der Waals surface area contributed by atoms with Crippen LogP contribution in [-0.4, -0.2) is 11.2 Å². The second kappa shape index (κ2) is 6.57. The first kappa shape index (κ1) is 15.2. The van der Waals surface area contributed by atoms with Crippen LogP contribution in [0.25, 0.3) is 0 Å². The molecule has 0 radical (unpaired) electrons. The maximum atomic E-state index is 13.2. The van der Waals surface area contributed by atoms with Crippen LogP contribution in [0.1, 0.15) is 36.3 Å². The van der Waals surface area contributed by atoms with Gasteiger partial charge < -0.3 is 9.84 Å². The van der Waals surface area contributed by atoms with Crippen LogP contribution in [0.5, 0.6) is 0 Å². The Morgan fingerprint density at radius 3 is 2.64 bits per heavy atom. The van der Waals surface area contributed by atoms with Crippen LogP contribution < -0.4 is 5.32 Å². The third-order valence-electron chi connectivity index (χ3n) is 4.29. The molecule has 2 aromatic rings. The number of aryl methyl sites for hydroxylation is 1. The largest absolute Gasteiger partial charge is 0.361 e. The topological polar surface area (TPSA) is 38.1 Å². The van der Waals surface area contributed by atoms with Crippen LogP contribution in [0.4, 0.5) is 8.78 Å². The van der Waals surface area contributed by atoms with E-state index >= 15 is 0 Å². The predicted molar refractivity (Wildman–Crippen MR) is 79.3 cm³/mol. The van der Waals surface area contributed by atoms with Gasteiger partial charge in [0.05, 0.1) is 5.69 Å². The number of hydrogen-bond acceptors (Lipinski definition) is 3. The van der Waals surface area contributed by atoms with Crippen LogP contribution in [0.2, 0.25) is 0 Å². The highest BCUT2D eigenvalue weighted by atomic mass is 19.1. The van der Waals surface area contributed by atoms with Gasteiger partial charge in [0.25, 0.3) is 0 Å². The van der Waals surface area contributed by atoms with Gasteiger partial charge in [0.2, 0.25) is 0 Å². The van der Waals surface area contributed by atoms with E-state index in [4.69, 9.17) is 4.52 Å². The van der Waals surface area contributed by atoms with Gasteiger partial charge in [-0.15, -0.1) is 0 Å². The highest BCUT2D eigenvalue weighted by Crippen LogP contribution is 2.29. The zero-order valence-corrected chi connectivity index (χ0v) is 12.6. The molecule has 1 aliphatic carbocycles. The van der Waals surface area contributed by atoms with E-state index in [9.17, 15) is 8.78 Å². The predicted octanol–water partition coefficient (Wildman–Crippen LogP) is 3.76. The lowest BCUT2D eigenvalue weighted by atomic mass is 9.97. The van der Waals surface area contributed by atoms with Crippen LogP contribution >= 0.6 is 0 Å². The summed E-state index contributed by atoms with van der Waals surface area (Å²) in [5.74, 6) is 0.326. The van der Waals surface area contributed by atoms with Crippen LogP contribution in [-0.2, 0) is 13.0 Å². The minimum atomic E-state index is -0.531. The number of halogens is 2. The smallest absolute Gasteiger partial charge is 0.137 e. The van der Waals surface area contributed by atoms with Gasteiger partial charge in [-0.05, 0) is 43.4 Å². The lowest BCUT2D eigenvalue weighted by Gasteiger charge is -2.20. The lowest BCUT2D eigenvalue weighted by molar-refractivity contribution is 0.329. The SMILES string of the molecule is Cc1cc(C[C@@H]2CCC[C@H]2NCc2cc(F)cc(F)c2)on1. The van der Waals surface area contributed by atoms with Gasteiger partial charge in [-0.2, -0.15) is 0 Å². The van der Waals surface area contributed by atoms with Crippen molar-refractivity contribution in [2.45, 2.75) is 45.2 Å². The number of nitrogens with zero attached hydrogens (tertiary/aromatic N) is 1. The Kier molecular flexibility index (Phi) is 4.52. The van der Waals surface area contributed by atoms with Gasteiger partial charge in [0.15, 0.2) is 0 Å². The number of nitrogens with one attached hydrogen (secondary N) is 1. The fourth-order valence-electron chi connectivity index (χ4n) is 3.28. The van der Waals surface area contributed by atoms with Crippen molar-refractivity contribution in [3.63, 3.8) is 0 Å². The maximum Gasteiger partial charge on any atom is 0.137 e. The van der Waals surface area contributed by atoms with Gasteiger partial charge in [0, 0.05) is 31.1 Å². The van der Waals surface area contributed by atoms with Crippen molar-refractivity contribution in [2.75, 3.05) is 0 Å². The van der Waals surface area contributed by atoms with Crippen LogP contribution in [0.3, 0.4) is 0 Å². The first-order valence-corrected chi connectivity index (χ1v) is 7.71. The van der Waals surface area contributed by atoms with Crippen molar-refractivity contribution in [1.29, 1.82) is 0 Å². The molecule has 118 valence electrons. The molecule has 0 saturated heterocycles. The van der Waals surface area contributed by atoms with Gasteiger partial charge in [0.1, 0.15) is 17.4 Å². The summed E-state index contributed by atoms with van der Waals surface area (Å²) in [7, 11) is 0. The Labute approximate surface area is 128 Å². The molecule has 1 saturated carbocycles. The second-order valence-corrected chi connectivity index (χ2v) is 6.09. The summed E-state index contributed by atoms with van der Waals surface area (Å²) >= 11 is 0. The fraction of sp³-hybridized carbons (Fsp3) is 0.471. The molecule has 0 bridgehead atoms. The van der Waals surface area contributed by atoms with Crippen molar-refractivity contribution in [3.05, 3.63) is 52.9 Å². The molecule has 0 spiro atoms. The van der Waals surface area contributed by atoms with Gasteiger partial charge >= 0.3 is 0 Å². The van der Waals surface area contributed by atoms with Gasteiger partial charge in [-0.3, -0.25) is 0 Å². The Morgan fingerprint density at radius 1 is 1.18 bits per heavy atom. The Bertz CT molecular complexity index is 621. The quantitative estimate of drug-likeness (QED) is 0.914. The fourth-order valence-corrected chi connectivity index (χ4v) is 3.28. The van der Waals surface area contributed by atoms with E-state index in [2.05, 4.69) is 10.5 Å². The van der Waals surface area contributed by atoms with Crippen molar-refractivity contribution >= 4 is 0 Å². The summed E-state index contributed by atoms with van der Waals surface area (Å²) in [4.78, 5) is 0. The summed E-state index contributed by atoms with van der Waals surface area (Å²) in [6.45, 7) is 2.39. The first-order chi connectivity index (χ1) is 10.6. The molecular weight excluding hydrogens is 286 g/mol. The van der Waals surface area contributed by atoms with Crippen molar-refractivity contribution in [3.8, 4) is 0 Å². The molecule has 1 aliphatic rings. The average molecular weight is 306 g/mol. The molecule has 5 heteroatoms. The van der Waals surface area contributed by atoms with Gasteiger partial charge in [-0.1, -0.05) is 11.6 Å². The minimum Gasteiger partial charge on any atom is -0.361 e. The molecule has 22 heavy (non-hydrogen) atoms. The summed E-state index contributed by atoms with van der Waals surface area (Å²) < 4.78 is 31.7. The molecule has 1 aromatic carbocycles. The molecule has 1 fully saturated rings. The minimum absolute atomic E-state index is 0.344. The maximum absolute atomic E-state index is 13.2. The number of hydrogen-bond donors (Lipinski definition) is 1. The first-order valence-electron chi connectivity index (χ1n) is 7.71. The second-order valence-electron chi connectivity index (χ2n) is 6.09. The molecule has 0 unspecified atom stereocenters. The Morgan fingerprint density at radius 2 is 1.95 bits per heavy atom. The molecule has 1 heterocycles. The Hall–Kier alpha value is -1.75. The summed E-state index contributed by atoms with van der Waals surface area (Å²) in [6, 6.07) is 5.96. The average Bonchev–Trinajstić information content (AvgIpc) is 3.05. The van der Waals surface area contributed by atoms with Crippen molar-refractivity contribution < 1.29 is 13.3 Å². The number of rotatable bonds is 5. The zero-order valence-electron chi connectivity index (χ0n) is 12.6. The molecule has 3 rings (SSSR count). The summed E-state index contributed by atoms with van der Waals surface area (Å²) in [5.41, 5.74) is 1.53. The molecule has 1 aromatic heterocycles. The zero-order chi connectivity index (χ0) is 15.5. The number of benzene rings is 1. The molecule has 2 atom stereocenters. The third kappa shape index (κ3) is 3.71. The van der Waals surface area contributed by atoms with Crippen molar-refractivity contribution in [2.24, 2.45) is 5.92 Å². The number of aromatic nitrogens is 1. The van der Waals surface area contributed by atoms with Gasteiger partial charge in [-0.25, -0.2) is 8.78 Å². The monoisotopic (exact) mass is 306 g/mol. The van der Waals surface area contributed by atoms with E-state index in [1.807, 2.05) is 13.0 Å². The van der Waals surface area contributed by atoms with E-state index < -0.39 is 11.6 Å². The van der Waals surface area contributed by atoms with Crippen LogP contribution in [0.15, 0.2) is 28.8 Å². The molecule has 0 amide bonds. The van der Waals surface area contributed by atoms with E-state index in [1.54, 1.807) is 0 Å². The van der Waals surface area contributed by atoms with Crippen molar-refractivity contribution in [1.82, 2.24) is 10.5 Å². The third-order valence-corrected chi connectivity index (χ3v) is 4.29. The van der Waals surface area contributed by atoms with E-state index in [-0.39, 0.29) is 0 Å². The highest BCUT2D eigenvalue weighted by Gasteiger charge is 2.28. The normalized spacial score (nSPS) is 21.4. The van der Waals surface area contributed by atoms with E-state index in [1.165, 1.54) is 12.1 Å². The lowest BCUT2D eigenvalue weighted by Crippen LogP contribution is -2.32.